The van der Waals surface area contributed by atoms with Gasteiger partial charge in [-0.15, -0.1) is 0 Å². The van der Waals surface area contributed by atoms with Crippen molar-refractivity contribution in [1.29, 1.82) is 0 Å². The van der Waals surface area contributed by atoms with Crippen molar-refractivity contribution < 1.29 is 73.8 Å². The van der Waals surface area contributed by atoms with Crippen LogP contribution in [-0.2, 0) is 38.0 Å². The van der Waals surface area contributed by atoms with Gasteiger partial charge in [-0.3, -0.25) is 9.59 Å². The summed E-state index contributed by atoms with van der Waals surface area (Å²) >= 11 is 0. The van der Waals surface area contributed by atoms with Crippen molar-refractivity contribution in [2.45, 2.75) is 197 Å². The number of allylic oxidation sites excluding steroid dienone is 15. The van der Waals surface area contributed by atoms with Crippen molar-refractivity contribution in [3.8, 4) is 0 Å². The number of carbonyl (C=O) groups is 2. The fourth-order valence-corrected chi connectivity index (χ4v) is 7.07. The number of esters is 2. The van der Waals surface area contributed by atoms with Crippen molar-refractivity contribution in [3.05, 3.63) is 97.2 Å². The minimum Gasteiger partial charge on any atom is -0.462 e. The third kappa shape index (κ3) is 27.0. The summed E-state index contributed by atoms with van der Waals surface area (Å²) in [5.74, 6) is -1.09. The Morgan fingerprint density at radius 3 is 1.46 bits per heavy atom. The minimum atomic E-state index is -1.79. The van der Waals surface area contributed by atoms with Crippen LogP contribution in [0.15, 0.2) is 97.2 Å². The Labute approximate surface area is 405 Å². The van der Waals surface area contributed by atoms with Crippen molar-refractivity contribution in [2.24, 2.45) is 0 Å². The topological polar surface area (TPSA) is 231 Å². The van der Waals surface area contributed by atoms with Gasteiger partial charge in [-0.1, -0.05) is 143 Å². The van der Waals surface area contributed by atoms with Gasteiger partial charge in [0.05, 0.1) is 26.2 Å². The van der Waals surface area contributed by atoms with E-state index in [1.807, 2.05) is 18.2 Å². The van der Waals surface area contributed by atoms with Gasteiger partial charge in [0.15, 0.2) is 18.7 Å². The molecule has 15 nitrogen and oxygen atoms in total. The number of aliphatic hydroxyl groups excluding tert-OH is 7. The van der Waals surface area contributed by atoms with Crippen LogP contribution in [0.4, 0.5) is 0 Å². The van der Waals surface area contributed by atoms with Crippen molar-refractivity contribution >= 4 is 11.9 Å². The van der Waals surface area contributed by atoms with Gasteiger partial charge in [-0.05, 0) is 70.6 Å². The minimum absolute atomic E-state index is 0.0749. The van der Waals surface area contributed by atoms with E-state index in [1.54, 1.807) is 6.08 Å². The first-order valence-corrected chi connectivity index (χ1v) is 24.8. The maximum absolute atomic E-state index is 12.9. The maximum atomic E-state index is 12.9. The molecule has 15 heteroatoms. The number of hydrogen-bond acceptors (Lipinski definition) is 15. The van der Waals surface area contributed by atoms with E-state index in [0.29, 0.717) is 12.8 Å². The van der Waals surface area contributed by atoms with E-state index in [-0.39, 0.29) is 19.4 Å². The van der Waals surface area contributed by atoms with Crippen LogP contribution >= 0.6 is 0 Å². The molecule has 2 saturated heterocycles. The fraction of sp³-hybridized carbons (Fsp3) is 0.660. The van der Waals surface area contributed by atoms with Gasteiger partial charge in [0.1, 0.15) is 55.4 Å². The number of unbranched alkanes of at least 4 members (excludes halogenated alkanes) is 7. The van der Waals surface area contributed by atoms with Gasteiger partial charge in [-0.2, -0.15) is 0 Å². The van der Waals surface area contributed by atoms with Crippen LogP contribution in [0.5, 0.6) is 0 Å². The molecule has 11 unspecified atom stereocenters. The molecule has 7 N–H and O–H groups in total. The molecule has 0 radical (unpaired) electrons. The van der Waals surface area contributed by atoms with E-state index < -0.39 is 99.3 Å². The Morgan fingerprint density at radius 1 is 0.485 bits per heavy atom. The second-order valence-corrected chi connectivity index (χ2v) is 16.9. The van der Waals surface area contributed by atoms with Crippen molar-refractivity contribution in [3.63, 3.8) is 0 Å². The molecule has 0 amide bonds. The van der Waals surface area contributed by atoms with E-state index in [0.717, 1.165) is 89.9 Å². The van der Waals surface area contributed by atoms with E-state index in [4.69, 9.17) is 28.4 Å². The SMILES string of the molecule is CC/C=C\C/C=C\C/C=C\C/C=C\C/C=C\CC(=O)OC(COC(=O)CCCCCCCCC/C=C\C/C=C\C/C=C\CC)COC1OC(COC2OC(CO)C(O)C(O)C2O)C(O)C(O)C1O. The zero-order valence-electron chi connectivity index (χ0n) is 40.5. The van der Waals surface area contributed by atoms with Crippen LogP contribution in [0.1, 0.15) is 129 Å². The molecule has 0 aliphatic carbocycles. The monoisotopic (exact) mass is 961 g/mol. The second kappa shape index (κ2) is 39.2. The fourth-order valence-electron chi connectivity index (χ4n) is 7.07. The first kappa shape index (κ1) is 60.5. The van der Waals surface area contributed by atoms with Crippen LogP contribution in [0.25, 0.3) is 0 Å². The molecule has 2 rings (SSSR count). The molecular weight excluding hydrogens is 877 g/mol. The highest BCUT2D eigenvalue weighted by molar-refractivity contribution is 5.71. The van der Waals surface area contributed by atoms with Crippen molar-refractivity contribution in [2.75, 3.05) is 26.4 Å². The first-order chi connectivity index (χ1) is 33.0. The molecule has 0 aromatic heterocycles. The summed E-state index contributed by atoms with van der Waals surface area (Å²) in [5, 5.41) is 72.0. The molecule has 0 aromatic carbocycles. The van der Waals surface area contributed by atoms with E-state index in [2.05, 4.69) is 86.8 Å². The number of aliphatic hydroxyl groups is 7. The van der Waals surface area contributed by atoms with Gasteiger partial charge in [0.25, 0.3) is 0 Å². The quantitative estimate of drug-likeness (QED) is 0.0200. The van der Waals surface area contributed by atoms with Crippen LogP contribution in [0.3, 0.4) is 0 Å². The summed E-state index contributed by atoms with van der Waals surface area (Å²) in [4.78, 5) is 25.7. The van der Waals surface area contributed by atoms with Gasteiger partial charge < -0.3 is 64.2 Å². The Morgan fingerprint density at radius 2 is 0.926 bits per heavy atom. The van der Waals surface area contributed by atoms with Crippen LogP contribution in [-0.4, -0.2) is 142 Å². The van der Waals surface area contributed by atoms with Gasteiger partial charge >= 0.3 is 11.9 Å². The first-order valence-electron chi connectivity index (χ1n) is 24.8. The smallest absolute Gasteiger partial charge is 0.310 e. The van der Waals surface area contributed by atoms with Gasteiger partial charge in [-0.25, -0.2) is 0 Å². The van der Waals surface area contributed by atoms with Gasteiger partial charge in [0, 0.05) is 6.42 Å². The summed E-state index contributed by atoms with van der Waals surface area (Å²) in [6, 6.07) is 0. The molecule has 2 aliphatic heterocycles. The van der Waals surface area contributed by atoms with Crippen LogP contribution in [0, 0.1) is 0 Å². The highest BCUT2D eigenvalue weighted by Crippen LogP contribution is 2.26. The van der Waals surface area contributed by atoms with Crippen LogP contribution in [0.2, 0.25) is 0 Å². The third-order valence-corrected chi connectivity index (χ3v) is 11.1. The average molecular weight is 961 g/mol. The average Bonchev–Trinajstić information content (AvgIpc) is 3.33. The molecule has 0 bridgehead atoms. The third-order valence-electron chi connectivity index (χ3n) is 11.1. The number of ether oxygens (including phenoxy) is 6. The Bertz CT molecular complexity index is 1550. The molecule has 0 saturated carbocycles. The van der Waals surface area contributed by atoms with E-state index in [1.165, 1.54) is 0 Å². The normalized spacial score (nSPS) is 26.6. The summed E-state index contributed by atoms with van der Waals surface area (Å²) in [5.41, 5.74) is 0. The van der Waals surface area contributed by atoms with Gasteiger partial charge in [0.2, 0.25) is 0 Å². The zero-order chi connectivity index (χ0) is 49.6. The molecule has 11 atom stereocenters. The standard InChI is InChI=1S/C53H84O15/c1-3-5-7-9-11-13-15-17-19-20-22-23-25-27-29-31-33-35-44(55)63-38-41(66-45(56)36-34-32-30-28-26-24-21-18-16-14-12-10-8-6-4-2)39-64-52-51(62)49(60)47(58)43(68-52)40-65-53-50(61)48(59)46(57)42(37-54)67-53/h5-8,11-14,17-19,21,26,28,32,34,41-43,46-54,57-62H,3-4,9-10,15-16,20,22-25,27,29-31,33,35-40H2,1-2H3/b7-5-,8-6-,13-11-,14-12-,19-17-,21-18-,28-26-,34-32-. The molecule has 386 valence electrons. The Hall–Kier alpha value is -3.58. The predicted octanol–water partition coefficient (Wildman–Crippen LogP) is 6.59. The lowest BCUT2D eigenvalue weighted by Crippen LogP contribution is -2.61. The highest BCUT2D eigenvalue weighted by atomic mass is 16.7. The number of rotatable bonds is 36. The molecule has 0 aromatic rings. The molecule has 2 fully saturated rings. The lowest BCUT2D eigenvalue weighted by atomic mass is 9.98. The zero-order valence-corrected chi connectivity index (χ0v) is 40.5. The second-order valence-electron chi connectivity index (χ2n) is 16.9. The maximum Gasteiger partial charge on any atom is 0.310 e. The molecule has 2 aliphatic rings. The Balaban J connectivity index is 1.86. The largest absolute Gasteiger partial charge is 0.462 e. The number of carbonyl (C=O) groups excluding carboxylic acids is 2. The Kier molecular flexibility index (Phi) is 34.9. The summed E-state index contributed by atoms with van der Waals surface area (Å²) in [6.45, 7) is 2.22. The number of hydrogen-bond donors (Lipinski definition) is 7. The summed E-state index contributed by atoms with van der Waals surface area (Å²) in [7, 11) is 0. The molecule has 2 heterocycles. The van der Waals surface area contributed by atoms with E-state index >= 15 is 0 Å². The predicted molar refractivity (Wildman–Crippen MR) is 261 cm³/mol. The van der Waals surface area contributed by atoms with Crippen molar-refractivity contribution in [1.82, 2.24) is 0 Å². The lowest BCUT2D eigenvalue weighted by molar-refractivity contribution is -0.332. The van der Waals surface area contributed by atoms with E-state index in [9.17, 15) is 45.3 Å². The summed E-state index contributed by atoms with van der Waals surface area (Å²) in [6.07, 6.45) is 31.8. The molecular formula is C53H84O15. The molecule has 68 heavy (non-hydrogen) atoms. The van der Waals surface area contributed by atoms with Crippen LogP contribution < -0.4 is 0 Å². The lowest BCUT2D eigenvalue weighted by Gasteiger charge is -2.42. The highest BCUT2D eigenvalue weighted by Gasteiger charge is 2.47. The summed E-state index contributed by atoms with van der Waals surface area (Å²) < 4.78 is 33.4. The molecule has 0 spiro atoms.